The maximum atomic E-state index is 9.61. The highest BCUT2D eigenvalue weighted by Gasteiger charge is 2.14. The van der Waals surface area contributed by atoms with E-state index in [4.69, 9.17) is 11.6 Å². The van der Waals surface area contributed by atoms with Crippen LogP contribution in [0.5, 0.6) is 0 Å². The summed E-state index contributed by atoms with van der Waals surface area (Å²) in [6, 6.07) is 16.0. The number of hydrogen-bond acceptors (Lipinski definition) is 2. The first-order chi connectivity index (χ1) is 10.1. The van der Waals surface area contributed by atoms with Gasteiger partial charge in [-0.3, -0.25) is 0 Å². The molecular weight excluding hydrogens is 350 g/mol. The van der Waals surface area contributed by atoms with Crippen molar-refractivity contribution in [3.8, 4) is 0 Å². The Morgan fingerprint density at radius 3 is 2.52 bits per heavy atom. The Balaban J connectivity index is 2.01. The van der Waals surface area contributed by atoms with Crippen molar-refractivity contribution in [2.75, 3.05) is 11.9 Å². The van der Waals surface area contributed by atoms with Crippen LogP contribution in [0.25, 0.3) is 0 Å². The molecule has 0 spiro atoms. The fraction of sp³-hybridized carbons (Fsp3) is 0.294. The van der Waals surface area contributed by atoms with Gasteiger partial charge in [0.2, 0.25) is 0 Å². The number of rotatable bonds is 6. The lowest BCUT2D eigenvalue weighted by Gasteiger charge is -2.22. The van der Waals surface area contributed by atoms with Gasteiger partial charge in [-0.25, -0.2) is 0 Å². The summed E-state index contributed by atoms with van der Waals surface area (Å²) in [6.07, 6.45) is 0.862. The van der Waals surface area contributed by atoms with Crippen molar-refractivity contribution in [2.24, 2.45) is 0 Å². The topological polar surface area (TPSA) is 32.3 Å². The van der Waals surface area contributed by atoms with E-state index in [0.717, 1.165) is 16.6 Å². The zero-order valence-corrected chi connectivity index (χ0v) is 14.2. The average Bonchev–Trinajstić information content (AvgIpc) is 2.51. The molecule has 0 fully saturated rings. The van der Waals surface area contributed by atoms with E-state index in [1.54, 1.807) is 0 Å². The quantitative estimate of drug-likeness (QED) is 0.746. The third kappa shape index (κ3) is 4.73. The van der Waals surface area contributed by atoms with Crippen LogP contribution in [0.2, 0.25) is 5.02 Å². The molecule has 0 radical (unpaired) electrons. The first-order valence-electron chi connectivity index (χ1n) is 6.97. The molecule has 0 saturated heterocycles. The molecule has 2 N–H and O–H groups in total. The van der Waals surface area contributed by atoms with E-state index >= 15 is 0 Å². The lowest BCUT2D eigenvalue weighted by atomic mass is 9.94. The lowest BCUT2D eigenvalue weighted by Crippen LogP contribution is -2.25. The van der Waals surface area contributed by atoms with Crippen molar-refractivity contribution in [1.29, 1.82) is 0 Å². The number of halogens is 2. The van der Waals surface area contributed by atoms with Crippen LogP contribution in [0.15, 0.2) is 53.0 Å². The van der Waals surface area contributed by atoms with Gasteiger partial charge in [0.25, 0.3) is 0 Å². The Labute approximate surface area is 139 Å². The number of aliphatic hydroxyl groups is 1. The van der Waals surface area contributed by atoms with Crippen molar-refractivity contribution in [2.45, 2.75) is 25.3 Å². The van der Waals surface area contributed by atoms with Crippen LogP contribution in [0.1, 0.15) is 24.8 Å². The molecule has 2 aromatic rings. The minimum atomic E-state index is 0.00767. The Hall–Kier alpha value is -1.03. The molecule has 2 aromatic carbocycles. The standard InChI is InChI=1S/C17H19BrClNO/c1-12(13-5-3-2-4-6-13)9-15(11-21)20-14-7-8-17(19)16(18)10-14/h2-8,10,12,15,20-21H,9,11H2,1H3. The maximum Gasteiger partial charge on any atom is 0.0633 e. The van der Waals surface area contributed by atoms with Gasteiger partial charge in [-0.05, 0) is 52.0 Å². The summed E-state index contributed by atoms with van der Waals surface area (Å²) < 4.78 is 0.849. The van der Waals surface area contributed by atoms with Crippen LogP contribution in [-0.2, 0) is 0 Å². The SMILES string of the molecule is CC(CC(CO)Nc1ccc(Cl)c(Br)c1)c1ccccc1. The van der Waals surface area contributed by atoms with E-state index in [1.165, 1.54) is 5.56 Å². The summed E-state index contributed by atoms with van der Waals surface area (Å²) in [6.45, 7) is 2.27. The molecule has 2 atom stereocenters. The van der Waals surface area contributed by atoms with Gasteiger partial charge in [0.05, 0.1) is 11.6 Å². The Morgan fingerprint density at radius 1 is 1.19 bits per heavy atom. The van der Waals surface area contributed by atoms with Gasteiger partial charge < -0.3 is 10.4 Å². The van der Waals surface area contributed by atoms with Crippen LogP contribution in [0, 0.1) is 0 Å². The van der Waals surface area contributed by atoms with Gasteiger partial charge in [-0.1, -0.05) is 48.9 Å². The summed E-state index contributed by atoms with van der Waals surface area (Å²) in [5, 5.41) is 13.6. The van der Waals surface area contributed by atoms with Crippen molar-refractivity contribution in [3.63, 3.8) is 0 Å². The maximum absolute atomic E-state index is 9.61. The minimum Gasteiger partial charge on any atom is -0.394 e. The number of nitrogens with one attached hydrogen (secondary N) is 1. The van der Waals surface area contributed by atoms with Crippen LogP contribution in [-0.4, -0.2) is 17.8 Å². The fourth-order valence-corrected chi connectivity index (χ4v) is 2.84. The first kappa shape index (κ1) is 16.3. The average molecular weight is 369 g/mol. The second kappa shape index (κ2) is 7.83. The largest absolute Gasteiger partial charge is 0.394 e. The zero-order valence-electron chi connectivity index (χ0n) is 11.9. The van der Waals surface area contributed by atoms with Gasteiger partial charge in [-0.15, -0.1) is 0 Å². The summed E-state index contributed by atoms with van der Waals surface area (Å²) in [5.41, 5.74) is 2.24. The van der Waals surface area contributed by atoms with Gasteiger partial charge in [-0.2, -0.15) is 0 Å². The number of anilines is 1. The second-order valence-electron chi connectivity index (χ2n) is 5.20. The molecule has 2 rings (SSSR count). The van der Waals surface area contributed by atoms with Crippen LogP contribution < -0.4 is 5.32 Å². The molecule has 0 amide bonds. The highest BCUT2D eigenvalue weighted by molar-refractivity contribution is 9.10. The molecule has 112 valence electrons. The van der Waals surface area contributed by atoms with E-state index in [0.29, 0.717) is 10.9 Å². The van der Waals surface area contributed by atoms with Crippen molar-refractivity contribution in [1.82, 2.24) is 0 Å². The van der Waals surface area contributed by atoms with Gasteiger partial charge in [0.15, 0.2) is 0 Å². The van der Waals surface area contributed by atoms with E-state index in [2.05, 4.69) is 40.3 Å². The highest BCUT2D eigenvalue weighted by Crippen LogP contribution is 2.27. The van der Waals surface area contributed by atoms with E-state index in [1.807, 2.05) is 36.4 Å². The molecule has 21 heavy (non-hydrogen) atoms. The Bertz CT molecular complexity index is 576. The normalized spacial score (nSPS) is 13.7. The predicted octanol–water partition coefficient (Wildman–Crippen LogP) is 5.07. The molecule has 0 aliphatic heterocycles. The van der Waals surface area contributed by atoms with Crippen LogP contribution in [0.4, 0.5) is 5.69 Å². The number of hydrogen-bond donors (Lipinski definition) is 2. The second-order valence-corrected chi connectivity index (χ2v) is 6.46. The molecule has 0 heterocycles. The highest BCUT2D eigenvalue weighted by atomic mass is 79.9. The third-order valence-corrected chi connectivity index (χ3v) is 4.73. The molecule has 0 aliphatic rings. The summed E-state index contributed by atoms with van der Waals surface area (Å²) in [7, 11) is 0. The van der Waals surface area contributed by atoms with Crippen molar-refractivity contribution >= 4 is 33.2 Å². The lowest BCUT2D eigenvalue weighted by molar-refractivity contribution is 0.264. The van der Waals surface area contributed by atoms with Crippen molar-refractivity contribution < 1.29 is 5.11 Å². The summed E-state index contributed by atoms with van der Waals surface area (Å²) in [4.78, 5) is 0. The van der Waals surface area contributed by atoms with Gasteiger partial charge >= 0.3 is 0 Å². The molecule has 4 heteroatoms. The molecular formula is C17H19BrClNO. The first-order valence-corrected chi connectivity index (χ1v) is 8.14. The monoisotopic (exact) mass is 367 g/mol. The number of benzene rings is 2. The smallest absolute Gasteiger partial charge is 0.0633 e. The molecule has 2 unspecified atom stereocenters. The Kier molecular flexibility index (Phi) is 6.09. The Morgan fingerprint density at radius 2 is 1.90 bits per heavy atom. The molecule has 0 bridgehead atoms. The van der Waals surface area contributed by atoms with E-state index in [9.17, 15) is 5.11 Å². The summed E-state index contributed by atoms with van der Waals surface area (Å²) >= 11 is 9.40. The molecule has 0 saturated carbocycles. The summed E-state index contributed by atoms with van der Waals surface area (Å²) in [5.74, 6) is 0.381. The number of aliphatic hydroxyl groups excluding tert-OH is 1. The molecule has 2 nitrogen and oxygen atoms in total. The van der Waals surface area contributed by atoms with E-state index in [-0.39, 0.29) is 12.6 Å². The fourth-order valence-electron chi connectivity index (χ4n) is 2.35. The third-order valence-electron chi connectivity index (χ3n) is 3.52. The predicted molar refractivity (Wildman–Crippen MR) is 93.1 cm³/mol. The van der Waals surface area contributed by atoms with Crippen LogP contribution in [0.3, 0.4) is 0 Å². The van der Waals surface area contributed by atoms with Gasteiger partial charge in [0.1, 0.15) is 0 Å². The van der Waals surface area contributed by atoms with Crippen molar-refractivity contribution in [3.05, 3.63) is 63.6 Å². The molecule has 0 aliphatic carbocycles. The van der Waals surface area contributed by atoms with E-state index < -0.39 is 0 Å². The zero-order chi connectivity index (χ0) is 15.2. The van der Waals surface area contributed by atoms with Crippen LogP contribution >= 0.6 is 27.5 Å². The minimum absolute atomic E-state index is 0.00767. The van der Waals surface area contributed by atoms with Gasteiger partial charge in [0, 0.05) is 16.2 Å². The molecule has 0 aromatic heterocycles.